The van der Waals surface area contributed by atoms with Gasteiger partial charge in [0, 0.05) is 0 Å². The summed E-state index contributed by atoms with van der Waals surface area (Å²) < 4.78 is 7.81. The number of rotatable bonds is 0. The zero-order valence-electron chi connectivity index (χ0n) is 1.83. The van der Waals surface area contributed by atoms with E-state index in [-0.39, 0.29) is 43.2 Å². The summed E-state index contributed by atoms with van der Waals surface area (Å²) in [7, 11) is 0. The summed E-state index contributed by atoms with van der Waals surface area (Å²) in [5.74, 6) is 0. The second kappa shape index (κ2) is 24.0. The molecule has 25 valence electrons. The summed E-state index contributed by atoms with van der Waals surface area (Å²) >= 11 is 2.94. The van der Waals surface area contributed by atoms with Crippen LogP contribution in [0.5, 0.6) is 0 Å². The average molecular weight is 136 g/mol. The van der Waals surface area contributed by atoms with Crippen molar-refractivity contribution in [3.05, 3.63) is 0 Å². The van der Waals surface area contributed by atoms with Crippen molar-refractivity contribution >= 4 is 37.7 Å². The zero-order valence-corrected chi connectivity index (χ0v) is 4.98. The molecule has 0 aliphatic heterocycles. The van der Waals surface area contributed by atoms with E-state index >= 15 is 0 Å². The van der Waals surface area contributed by atoms with Gasteiger partial charge in [0.05, 0.1) is 0 Å². The van der Waals surface area contributed by atoms with Gasteiger partial charge in [-0.05, 0) is 0 Å². The Morgan fingerprint density at radius 1 is 1.25 bits per heavy atom. The van der Waals surface area contributed by atoms with Gasteiger partial charge in [0.15, 0.2) is 0 Å². The van der Waals surface area contributed by atoms with Crippen molar-refractivity contribution in [1.82, 2.24) is 0 Å². The molecule has 0 saturated carbocycles. The van der Waals surface area contributed by atoms with Gasteiger partial charge in [0.25, 0.3) is 0 Å². The first-order valence-electron chi connectivity index (χ1n) is 0.123. The monoisotopic (exact) mass is 135 g/mol. The SMILES string of the molecule is [Ca+2].[O-2].[O]=[Cu]. The molecule has 0 atom stereocenters. The van der Waals surface area contributed by atoms with E-state index in [1.807, 2.05) is 0 Å². The molecule has 0 saturated heterocycles. The molecule has 0 fully saturated rings. The fraction of sp³-hybridized carbons (Fsp3) is 0. The Morgan fingerprint density at radius 3 is 1.25 bits per heavy atom. The molecule has 0 bridgehead atoms. The van der Waals surface area contributed by atoms with Crippen LogP contribution in [0.1, 0.15) is 0 Å². The molecule has 0 aromatic heterocycles. The van der Waals surface area contributed by atoms with Crippen molar-refractivity contribution in [2.45, 2.75) is 0 Å². The summed E-state index contributed by atoms with van der Waals surface area (Å²) in [4.78, 5) is 0. The van der Waals surface area contributed by atoms with E-state index < -0.39 is 0 Å². The summed E-state index contributed by atoms with van der Waals surface area (Å²) in [6.07, 6.45) is 0. The Hall–Kier alpha value is 1.54. The Kier molecular flexibility index (Phi) is 106. The molecule has 0 aliphatic carbocycles. The van der Waals surface area contributed by atoms with Gasteiger partial charge in [-0.1, -0.05) is 0 Å². The van der Waals surface area contributed by atoms with E-state index in [9.17, 15) is 0 Å². The van der Waals surface area contributed by atoms with Gasteiger partial charge in [-0.3, -0.25) is 0 Å². The fourth-order valence-corrected chi connectivity index (χ4v) is 0. The molecule has 4 heteroatoms. The molecule has 0 aromatic carbocycles. The minimum absolute atomic E-state index is 0. The number of hydrogen-bond donors (Lipinski definition) is 0. The molecule has 0 unspecified atom stereocenters. The van der Waals surface area contributed by atoms with Crippen molar-refractivity contribution in [2.75, 3.05) is 0 Å². The van der Waals surface area contributed by atoms with E-state index in [2.05, 4.69) is 15.9 Å². The van der Waals surface area contributed by atoms with Gasteiger partial charge in [0.1, 0.15) is 0 Å². The van der Waals surface area contributed by atoms with Crippen molar-refractivity contribution in [2.24, 2.45) is 0 Å². The van der Waals surface area contributed by atoms with Gasteiger partial charge in [0.2, 0.25) is 0 Å². The maximum absolute atomic E-state index is 7.81. The summed E-state index contributed by atoms with van der Waals surface area (Å²) in [6, 6.07) is 0. The maximum atomic E-state index is 7.81. The van der Waals surface area contributed by atoms with Crippen LogP contribution >= 0.6 is 0 Å². The van der Waals surface area contributed by atoms with Gasteiger partial charge in [-0.2, -0.15) is 0 Å². The molecule has 0 N–H and O–H groups in total. The predicted molar refractivity (Wildman–Crippen MR) is 7.13 cm³/mol. The summed E-state index contributed by atoms with van der Waals surface area (Å²) in [5, 5.41) is 0. The third kappa shape index (κ3) is 9.63. The second-order valence-electron chi connectivity index (χ2n) is 0. The molecule has 0 aromatic rings. The van der Waals surface area contributed by atoms with Gasteiger partial charge in [-0.15, -0.1) is 0 Å². The first kappa shape index (κ1) is 17.7. The van der Waals surface area contributed by atoms with Crippen LogP contribution in [0.3, 0.4) is 0 Å². The third-order valence-electron chi connectivity index (χ3n) is 0. The Labute approximate surface area is 62.3 Å². The molecular weight excluding hydrogens is 136 g/mol. The van der Waals surface area contributed by atoms with Crippen LogP contribution in [0.25, 0.3) is 0 Å². The molecule has 0 rings (SSSR count). The molecule has 0 amide bonds. The van der Waals surface area contributed by atoms with Gasteiger partial charge >= 0.3 is 57.5 Å². The zero-order chi connectivity index (χ0) is 2.00. The molecule has 2 nitrogen and oxygen atoms in total. The third-order valence-corrected chi connectivity index (χ3v) is 0. The normalized spacial score (nSPS) is 1.50. The van der Waals surface area contributed by atoms with E-state index in [0.717, 1.165) is 0 Å². The summed E-state index contributed by atoms with van der Waals surface area (Å²) in [6.45, 7) is 0. The Balaban J connectivity index is -0.00000000500. The Bertz CT molecular complexity index is 6.00. The fourth-order valence-electron chi connectivity index (χ4n) is 0. The first-order valence-corrected chi connectivity index (χ1v) is 0.508. The van der Waals surface area contributed by atoms with Crippen LogP contribution < -0.4 is 0 Å². The van der Waals surface area contributed by atoms with Crippen LogP contribution in [-0.4, -0.2) is 37.7 Å². The van der Waals surface area contributed by atoms with E-state index in [1.165, 1.54) is 0 Å². The first-order chi connectivity index (χ1) is 1.00. The van der Waals surface area contributed by atoms with Crippen molar-refractivity contribution in [3.63, 3.8) is 0 Å². The van der Waals surface area contributed by atoms with Crippen LogP contribution in [0.4, 0.5) is 0 Å². The second-order valence-corrected chi connectivity index (χ2v) is 0. The topological polar surface area (TPSA) is 45.6 Å². The van der Waals surface area contributed by atoms with Crippen molar-refractivity contribution in [1.29, 1.82) is 0 Å². The standard InChI is InChI=1S/Ca.Cu.2O/q+2;;;-2. The molecule has 0 aliphatic rings. The van der Waals surface area contributed by atoms with Crippen LogP contribution in [-0.2, 0) is 25.3 Å². The molecule has 0 heterocycles. The van der Waals surface area contributed by atoms with Crippen molar-refractivity contribution in [3.8, 4) is 0 Å². The molecule has 0 radical (unpaired) electrons. The molecular formula is CaCuO2. The van der Waals surface area contributed by atoms with Crippen LogP contribution in [0.2, 0.25) is 0 Å². The number of hydrogen-bond acceptors (Lipinski definition) is 1. The molecule has 4 heavy (non-hydrogen) atoms. The van der Waals surface area contributed by atoms with Crippen LogP contribution in [0, 0.1) is 0 Å². The van der Waals surface area contributed by atoms with Crippen LogP contribution in [0.15, 0.2) is 0 Å². The molecule has 0 spiro atoms. The van der Waals surface area contributed by atoms with E-state index in [4.69, 9.17) is 3.83 Å². The van der Waals surface area contributed by atoms with Gasteiger partial charge in [-0.25, -0.2) is 0 Å². The minimum atomic E-state index is 0. The van der Waals surface area contributed by atoms with Gasteiger partial charge < -0.3 is 5.48 Å². The van der Waals surface area contributed by atoms with Crippen molar-refractivity contribution < 1.29 is 25.3 Å². The quantitative estimate of drug-likeness (QED) is 0.409. The summed E-state index contributed by atoms with van der Waals surface area (Å²) in [5.41, 5.74) is 0. The van der Waals surface area contributed by atoms with E-state index in [0.29, 0.717) is 0 Å². The Morgan fingerprint density at radius 2 is 1.25 bits per heavy atom. The van der Waals surface area contributed by atoms with E-state index in [1.54, 1.807) is 0 Å². The predicted octanol–water partition coefficient (Wildman–Crippen LogP) is -0.621. The average Bonchev–Trinajstić information content (AvgIpc) is 1.00.